The highest BCUT2D eigenvalue weighted by Gasteiger charge is 2.16. The SMILES string of the molecule is CC/C=C\C/C=C\C/C=C\CCCCCCCCCC(=O)OCC(CO)OC(=O)CCCCCCCCCCCCCCCCCCCCCCCCCC/C=C\C/C=C\C/C=C\CCCCCCC. The fraction of sp³-hybridized carbons (Fsp3) is 0.785. The molecule has 0 aromatic rings. The van der Waals surface area contributed by atoms with Crippen molar-refractivity contribution in [2.45, 2.75) is 315 Å². The molecule has 70 heavy (non-hydrogen) atoms. The van der Waals surface area contributed by atoms with Crippen molar-refractivity contribution >= 4 is 11.9 Å². The zero-order valence-electron chi connectivity index (χ0n) is 46.5. The molecule has 0 saturated heterocycles. The van der Waals surface area contributed by atoms with Crippen molar-refractivity contribution in [3.05, 3.63) is 72.9 Å². The molecule has 0 bridgehead atoms. The van der Waals surface area contributed by atoms with Gasteiger partial charge < -0.3 is 14.6 Å². The van der Waals surface area contributed by atoms with E-state index >= 15 is 0 Å². The maximum absolute atomic E-state index is 12.3. The molecular weight excluding hydrogens is 861 g/mol. The van der Waals surface area contributed by atoms with Crippen LogP contribution in [0.5, 0.6) is 0 Å². The normalized spacial score (nSPS) is 12.7. The first-order valence-electron chi connectivity index (χ1n) is 30.5. The van der Waals surface area contributed by atoms with E-state index < -0.39 is 6.10 Å². The van der Waals surface area contributed by atoms with Crippen LogP contribution in [0.25, 0.3) is 0 Å². The van der Waals surface area contributed by atoms with Crippen LogP contribution in [0.3, 0.4) is 0 Å². The summed E-state index contributed by atoms with van der Waals surface area (Å²) in [5.74, 6) is -0.592. The molecule has 0 heterocycles. The Bertz CT molecular complexity index is 1240. The predicted molar refractivity (Wildman–Crippen MR) is 306 cm³/mol. The zero-order valence-corrected chi connectivity index (χ0v) is 46.5. The van der Waals surface area contributed by atoms with Gasteiger partial charge in [-0.1, -0.05) is 286 Å². The summed E-state index contributed by atoms with van der Waals surface area (Å²) in [6, 6.07) is 0. The van der Waals surface area contributed by atoms with Gasteiger partial charge in [-0.3, -0.25) is 9.59 Å². The molecule has 406 valence electrons. The summed E-state index contributed by atoms with van der Waals surface area (Å²) in [4.78, 5) is 24.5. The van der Waals surface area contributed by atoms with Crippen LogP contribution < -0.4 is 0 Å². The van der Waals surface area contributed by atoms with Crippen molar-refractivity contribution in [1.29, 1.82) is 0 Å². The van der Waals surface area contributed by atoms with E-state index in [2.05, 4.69) is 86.8 Å². The summed E-state index contributed by atoms with van der Waals surface area (Å²) in [5, 5.41) is 9.65. The third-order valence-electron chi connectivity index (χ3n) is 13.5. The lowest BCUT2D eigenvalue weighted by atomic mass is 10.0. The summed E-state index contributed by atoms with van der Waals surface area (Å²) in [6.45, 7) is 4.03. The average molecular weight is 978 g/mol. The summed E-state index contributed by atoms with van der Waals surface area (Å²) >= 11 is 0. The van der Waals surface area contributed by atoms with Crippen molar-refractivity contribution < 1.29 is 24.2 Å². The van der Waals surface area contributed by atoms with Crippen LogP contribution in [0.2, 0.25) is 0 Å². The van der Waals surface area contributed by atoms with E-state index in [1.807, 2.05) is 0 Å². The first-order valence-corrected chi connectivity index (χ1v) is 30.5. The van der Waals surface area contributed by atoms with Gasteiger partial charge in [-0.25, -0.2) is 0 Å². The van der Waals surface area contributed by atoms with Gasteiger partial charge in [0.1, 0.15) is 6.61 Å². The Morgan fingerprint density at radius 2 is 0.614 bits per heavy atom. The molecule has 0 aliphatic rings. The van der Waals surface area contributed by atoms with Gasteiger partial charge >= 0.3 is 11.9 Å². The van der Waals surface area contributed by atoms with Crippen LogP contribution in [-0.2, 0) is 19.1 Å². The van der Waals surface area contributed by atoms with Crippen LogP contribution in [0.4, 0.5) is 0 Å². The molecule has 1 atom stereocenters. The van der Waals surface area contributed by atoms with Gasteiger partial charge in [0.05, 0.1) is 6.61 Å². The Morgan fingerprint density at radius 3 is 0.929 bits per heavy atom. The van der Waals surface area contributed by atoms with Gasteiger partial charge in [0.25, 0.3) is 0 Å². The maximum Gasteiger partial charge on any atom is 0.306 e. The van der Waals surface area contributed by atoms with E-state index in [9.17, 15) is 14.7 Å². The molecule has 0 aromatic heterocycles. The monoisotopic (exact) mass is 977 g/mol. The van der Waals surface area contributed by atoms with Gasteiger partial charge in [-0.15, -0.1) is 0 Å². The number of ether oxygens (including phenoxy) is 2. The third-order valence-corrected chi connectivity index (χ3v) is 13.5. The maximum atomic E-state index is 12.3. The number of aliphatic hydroxyl groups is 1. The van der Waals surface area contributed by atoms with E-state index in [4.69, 9.17) is 9.47 Å². The zero-order chi connectivity index (χ0) is 50.6. The number of esters is 2. The molecule has 0 aliphatic carbocycles. The van der Waals surface area contributed by atoms with Gasteiger partial charge in [0.2, 0.25) is 0 Å². The molecule has 0 rings (SSSR count). The minimum atomic E-state index is -0.777. The second-order valence-corrected chi connectivity index (χ2v) is 20.4. The Hall–Kier alpha value is -2.66. The lowest BCUT2D eigenvalue weighted by molar-refractivity contribution is -0.161. The van der Waals surface area contributed by atoms with Crippen molar-refractivity contribution in [2.24, 2.45) is 0 Å². The summed E-state index contributed by atoms with van der Waals surface area (Å²) in [7, 11) is 0. The minimum Gasteiger partial charge on any atom is -0.462 e. The highest BCUT2D eigenvalue weighted by molar-refractivity contribution is 5.70. The number of carbonyl (C=O) groups excluding carboxylic acids is 2. The first kappa shape index (κ1) is 67.3. The molecule has 0 aliphatic heterocycles. The number of unbranched alkanes of at least 4 members (excludes halogenated alkanes) is 36. The van der Waals surface area contributed by atoms with Crippen LogP contribution in [0.15, 0.2) is 72.9 Å². The molecule has 0 spiro atoms. The van der Waals surface area contributed by atoms with Gasteiger partial charge in [-0.05, 0) is 83.5 Å². The molecular formula is C65H116O5. The van der Waals surface area contributed by atoms with Crippen LogP contribution >= 0.6 is 0 Å². The van der Waals surface area contributed by atoms with E-state index in [0.717, 1.165) is 77.0 Å². The fourth-order valence-electron chi connectivity index (χ4n) is 8.93. The lowest BCUT2D eigenvalue weighted by Crippen LogP contribution is -2.28. The fourth-order valence-corrected chi connectivity index (χ4v) is 8.93. The number of allylic oxidation sites excluding steroid dienone is 12. The largest absolute Gasteiger partial charge is 0.462 e. The standard InChI is InChI=1S/C65H116O5/c1-3-5-7-9-11-13-15-17-19-21-22-23-24-25-26-27-28-29-30-31-32-33-34-35-36-37-38-39-40-41-42-44-46-48-50-52-54-56-58-60-65(68)70-63(61-66)62-69-64(67)59-57-55-53-51-49-47-45-43-20-18-16-14-12-10-8-6-4-2/h6,8,12,14-15,17-18,20-22,24-25,63,66H,3-5,7,9-11,13,16,19,23,26-62H2,1-2H3/b8-6-,14-12-,17-15-,20-18-,22-21-,25-24-. The lowest BCUT2D eigenvalue weighted by Gasteiger charge is -2.15. The molecule has 5 nitrogen and oxygen atoms in total. The van der Waals surface area contributed by atoms with Gasteiger partial charge in [0.15, 0.2) is 6.10 Å². The average Bonchev–Trinajstić information content (AvgIpc) is 3.36. The molecule has 0 radical (unpaired) electrons. The third kappa shape index (κ3) is 57.9. The van der Waals surface area contributed by atoms with E-state index in [-0.39, 0.29) is 25.2 Å². The topological polar surface area (TPSA) is 72.8 Å². The molecule has 5 heteroatoms. The molecule has 1 N–H and O–H groups in total. The molecule has 1 unspecified atom stereocenters. The van der Waals surface area contributed by atoms with Crippen molar-refractivity contribution in [1.82, 2.24) is 0 Å². The van der Waals surface area contributed by atoms with Crippen molar-refractivity contribution in [3.63, 3.8) is 0 Å². The van der Waals surface area contributed by atoms with Gasteiger partial charge in [-0.2, -0.15) is 0 Å². The molecule has 0 fully saturated rings. The summed E-state index contributed by atoms with van der Waals surface area (Å²) in [6.07, 6.45) is 83.4. The number of hydrogen-bond donors (Lipinski definition) is 1. The molecule has 0 aromatic carbocycles. The highest BCUT2D eigenvalue weighted by atomic mass is 16.6. The first-order chi connectivity index (χ1) is 34.6. The quantitative estimate of drug-likeness (QED) is 0.0373. The predicted octanol–water partition coefficient (Wildman–Crippen LogP) is 20.8. The Morgan fingerprint density at radius 1 is 0.343 bits per heavy atom. The number of rotatable bonds is 56. The second-order valence-electron chi connectivity index (χ2n) is 20.4. The second kappa shape index (κ2) is 60.6. The van der Waals surface area contributed by atoms with Crippen LogP contribution in [0.1, 0.15) is 309 Å². The molecule has 0 amide bonds. The minimum absolute atomic E-state index is 0.0702. The number of aliphatic hydroxyl groups excluding tert-OH is 1. The molecule has 0 saturated carbocycles. The Balaban J connectivity index is 3.41. The Kier molecular flexibility index (Phi) is 58.3. The number of hydrogen-bond acceptors (Lipinski definition) is 5. The van der Waals surface area contributed by atoms with E-state index in [0.29, 0.717) is 12.8 Å². The van der Waals surface area contributed by atoms with E-state index in [1.165, 1.54) is 205 Å². The Labute approximate surface area is 435 Å². The van der Waals surface area contributed by atoms with Crippen LogP contribution in [0, 0.1) is 0 Å². The van der Waals surface area contributed by atoms with Crippen molar-refractivity contribution in [2.75, 3.05) is 13.2 Å². The number of carbonyl (C=O) groups is 2. The highest BCUT2D eigenvalue weighted by Crippen LogP contribution is 2.17. The summed E-state index contributed by atoms with van der Waals surface area (Å²) in [5.41, 5.74) is 0. The smallest absolute Gasteiger partial charge is 0.306 e. The summed E-state index contributed by atoms with van der Waals surface area (Å²) < 4.78 is 10.7. The van der Waals surface area contributed by atoms with Gasteiger partial charge in [0, 0.05) is 12.8 Å². The van der Waals surface area contributed by atoms with Crippen LogP contribution in [-0.4, -0.2) is 36.4 Å². The van der Waals surface area contributed by atoms with Crippen molar-refractivity contribution in [3.8, 4) is 0 Å². The van der Waals surface area contributed by atoms with E-state index in [1.54, 1.807) is 0 Å².